The summed E-state index contributed by atoms with van der Waals surface area (Å²) >= 11 is 0. The van der Waals surface area contributed by atoms with Gasteiger partial charge in [0.2, 0.25) is 0 Å². The van der Waals surface area contributed by atoms with Gasteiger partial charge >= 0.3 is 6.36 Å². The molecular weight excluding hydrogens is 249 g/mol. The minimum absolute atomic E-state index is 0.0858. The van der Waals surface area contributed by atoms with Gasteiger partial charge in [-0.3, -0.25) is 0 Å². The smallest absolute Gasteiger partial charge is 0.406 e. The summed E-state index contributed by atoms with van der Waals surface area (Å²) in [5.74, 6) is -0.334. The summed E-state index contributed by atoms with van der Waals surface area (Å²) in [5.41, 5.74) is -0.854. The molecule has 1 fully saturated rings. The molecule has 0 bridgehead atoms. The van der Waals surface area contributed by atoms with Gasteiger partial charge in [-0.1, -0.05) is 12.1 Å². The van der Waals surface area contributed by atoms with Crippen molar-refractivity contribution in [3.63, 3.8) is 0 Å². The lowest BCUT2D eigenvalue weighted by Gasteiger charge is -2.32. The third-order valence-electron chi connectivity index (χ3n) is 2.82. The van der Waals surface area contributed by atoms with Crippen LogP contribution in [0, 0.1) is 0 Å². The van der Waals surface area contributed by atoms with Gasteiger partial charge < -0.3 is 14.6 Å². The zero-order valence-corrected chi connectivity index (χ0v) is 9.54. The molecule has 1 saturated heterocycles. The average molecular weight is 262 g/mol. The Morgan fingerprint density at radius 2 is 2.11 bits per heavy atom. The molecule has 0 aliphatic carbocycles. The minimum atomic E-state index is -4.73. The number of benzene rings is 1. The maximum atomic E-state index is 12.1. The van der Waals surface area contributed by atoms with Crippen molar-refractivity contribution in [2.75, 3.05) is 13.2 Å². The Bertz CT molecular complexity index is 411. The molecule has 1 heterocycles. The highest BCUT2D eigenvalue weighted by Gasteiger charge is 2.34. The summed E-state index contributed by atoms with van der Waals surface area (Å²) in [7, 11) is 0. The van der Waals surface area contributed by atoms with Gasteiger partial charge in [-0.2, -0.15) is 0 Å². The number of hydrogen-bond acceptors (Lipinski definition) is 3. The molecule has 1 atom stereocenters. The fourth-order valence-electron chi connectivity index (χ4n) is 1.99. The molecule has 1 unspecified atom stereocenters. The van der Waals surface area contributed by atoms with Crippen molar-refractivity contribution < 1.29 is 27.8 Å². The molecule has 6 heteroatoms. The quantitative estimate of drug-likeness (QED) is 0.890. The Morgan fingerprint density at radius 1 is 1.33 bits per heavy atom. The molecule has 0 aromatic heterocycles. The molecule has 0 saturated carbocycles. The zero-order chi connectivity index (χ0) is 13.2. The van der Waals surface area contributed by atoms with E-state index in [2.05, 4.69) is 4.74 Å². The number of rotatable bonds is 2. The van der Waals surface area contributed by atoms with Crippen LogP contribution in [0.5, 0.6) is 5.75 Å². The lowest BCUT2D eigenvalue weighted by atomic mass is 9.88. The van der Waals surface area contributed by atoms with Gasteiger partial charge in [0.1, 0.15) is 11.4 Å². The van der Waals surface area contributed by atoms with E-state index in [4.69, 9.17) is 4.74 Å². The summed E-state index contributed by atoms with van der Waals surface area (Å²) in [6.07, 6.45) is -3.60. The fourth-order valence-corrected chi connectivity index (χ4v) is 1.99. The van der Waals surface area contributed by atoms with Gasteiger partial charge in [0.05, 0.1) is 6.61 Å². The summed E-state index contributed by atoms with van der Waals surface area (Å²) < 4.78 is 45.3. The number of halogens is 3. The molecule has 100 valence electrons. The van der Waals surface area contributed by atoms with E-state index in [0.29, 0.717) is 25.0 Å². The van der Waals surface area contributed by atoms with Crippen LogP contribution in [0.15, 0.2) is 24.3 Å². The predicted octanol–water partition coefficient (Wildman–Crippen LogP) is 2.58. The lowest BCUT2D eigenvalue weighted by molar-refractivity contribution is -0.274. The van der Waals surface area contributed by atoms with Crippen LogP contribution < -0.4 is 4.74 Å². The van der Waals surface area contributed by atoms with Gasteiger partial charge in [0.15, 0.2) is 0 Å². The Labute approximate surface area is 102 Å². The van der Waals surface area contributed by atoms with E-state index in [1.807, 2.05) is 0 Å². The molecule has 0 spiro atoms. The lowest BCUT2D eigenvalue weighted by Crippen LogP contribution is -2.35. The van der Waals surface area contributed by atoms with Crippen molar-refractivity contribution >= 4 is 0 Å². The van der Waals surface area contributed by atoms with Crippen LogP contribution in [0.25, 0.3) is 0 Å². The largest absolute Gasteiger partial charge is 0.573 e. The number of alkyl halides is 3. The maximum Gasteiger partial charge on any atom is 0.573 e. The number of aliphatic hydroxyl groups is 1. The highest BCUT2D eigenvalue weighted by molar-refractivity contribution is 5.32. The van der Waals surface area contributed by atoms with Crippen molar-refractivity contribution in [1.29, 1.82) is 0 Å². The van der Waals surface area contributed by atoms with E-state index in [1.165, 1.54) is 18.2 Å². The molecule has 1 aliphatic heterocycles. The van der Waals surface area contributed by atoms with Crippen molar-refractivity contribution in [3.05, 3.63) is 29.8 Å². The van der Waals surface area contributed by atoms with E-state index < -0.39 is 12.0 Å². The molecule has 1 aromatic carbocycles. The van der Waals surface area contributed by atoms with E-state index in [-0.39, 0.29) is 12.4 Å². The molecule has 18 heavy (non-hydrogen) atoms. The summed E-state index contributed by atoms with van der Waals surface area (Å²) in [4.78, 5) is 0. The van der Waals surface area contributed by atoms with E-state index in [0.717, 1.165) is 0 Å². The number of ether oxygens (including phenoxy) is 2. The maximum absolute atomic E-state index is 12.1. The Kier molecular flexibility index (Phi) is 3.49. The summed E-state index contributed by atoms with van der Waals surface area (Å²) in [6, 6.07) is 5.38. The Hall–Kier alpha value is -1.27. The van der Waals surface area contributed by atoms with Crippen LogP contribution in [0.2, 0.25) is 0 Å². The SMILES string of the molecule is OC1(c2cccc(OC(F)(F)F)c2)CCCOC1. The van der Waals surface area contributed by atoms with Crippen LogP contribution in [0.4, 0.5) is 13.2 Å². The molecular formula is C12H13F3O3. The summed E-state index contributed by atoms with van der Waals surface area (Å²) in [5, 5.41) is 10.3. The second-order valence-corrected chi connectivity index (χ2v) is 4.26. The Morgan fingerprint density at radius 3 is 2.72 bits per heavy atom. The first kappa shape index (κ1) is 13.2. The van der Waals surface area contributed by atoms with Gasteiger partial charge in [-0.05, 0) is 30.5 Å². The predicted molar refractivity (Wildman–Crippen MR) is 57.1 cm³/mol. The normalized spacial score (nSPS) is 24.9. The molecule has 1 aliphatic rings. The molecule has 1 aromatic rings. The van der Waals surface area contributed by atoms with Crippen LogP contribution >= 0.6 is 0 Å². The third kappa shape index (κ3) is 3.14. The first-order valence-corrected chi connectivity index (χ1v) is 5.55. The standard InChI is InChI=1S/C12H13F3O3/c13-12(14,15)18-10-4-1-3-9(7-10)11(16)5-2-6-17-8-11/h1,3-4,7,16H,2,5-6,8H2. The van der Waals surface area contributed by atoms with E-state index in [1.54, 1.807) is 6.07 Å². The van der Waals surface area contributed by atoms with Gasteiger partial charge in [0.25, 0.3) is 0 Å². The van der Waals surface area contributed by atoms with Crippen molar-refractivity contribution in [1.82, 2.24) is 0 Å². The molecule has 3 nitrogen and oxygen atoms in total. The van der Waals surface area contributed by atoms with Gasteiger partial charge in [-0.25, -0.2) is 0 Å². The second kappa shape index (κ2) is 4.78. The summed E-state index contributed by atoms with van der Waals surface area (Å²) in [6.45, 7) is 0.642. The highest BCUT2D eigenvalue weighted by atomic mass is 19.4. The van der Waals surface area contributed by atoms with Gasteiger partial charge in [0, 0.05) is 6.61 Å². The highest BCUT2D eigenvalue weighted by Crippen LogP contribution is 2.33. The second-order valence-electron chi connectivity index (χ2n) is 4.26. The minimum Gasteiger partial charge on any atom is -0.406 e. The van der Waals surface area contributed by atoms with Crippen molar-refractivity contribution in [2.45, 2.75) is 24.8 Å². The fraction of sp³-hybridized carbons (Fsp3) is 0.500. The topological polar surface area (TPSA) is 38.7 Å². The first-order chi connectivity index (χ1) is 8.39. The van der Waals surface area contributed by atoms with Crippen molar-refractivity contribution in [2.24, 2.45) is 0 Å². The van der Waals surface area contributed by atoms with Crippen LogP contribution in [0.1, 0.15) is 18.4 Å². The first-order valence-electron chi connectivity index (χ1n) is 5.55. The molecule has 2 rings (SSSR count). The van der Waals surface area contributed by atoms with Crippen molar-refractivity contribution in [3.8, 4) is 5.75 Å². The third-order valence-corrected chi connectivity index (χ3v) is 2.82. The molecule has 1 N–H and O–H groups in total. The Balaban J connectivity index is 2.21. The molecule has 0 amide bonds. The zero-order valence-electron chi connectivity index (χ0n) is 9.54. The average Bonchev–Trinajstić information content (AvgIpc) is 2.28. The van der Waals surface area contributed by atoms with Gasteiger partial charge in [-0.15, -0.1) is 13.2 Å². The number of hydrogen-bond donors (Lipinski definition) is 1. The monoisotopic (exact) mass is 262 g/mol. The van der Waals surface area contributed by atoms with Crippen LogP contribution in [-0.4, -0.2) is 24.7 Å². The van der Waals surface area contributed by atoms with Crippen LogP contribution in [0.3, 0.4) is 0 Å². The van der Waals surface area contributed by atoms with E-state index >= 15 is 0 Å². The molecule has 0 radical (unpaired) electrons. The van der Waals surface area contributed by atoms with E-state index in [9.17, 15) is 18.3 Å². The van der Waals surface area contributed by atoms with Crippen LogP contribution in [-0.2, 0) is 10.3 Å².